The van der Waals surface area contributed by atoms with Gasteiger partial charge in [0, 0.05) is 4.90 Å². The fourth-order valence-electron chi connectivity index (χ4n) is 1.74. The van der Waals surface area contributed by atoms with Crippen LogP contribution in [0.2, 0.25) is 5.02 Å². The second-order valence-electron chi connectivity index (χ2n) is 3.71. The summed E-state index contributed by atoms with van der Waals surface area (Å²) in [5.41, 5.74) is 1.39. The summed E-state index contributed by atoms with van der Waals surface area (Å²) in [6.45, 7) is 2.15. The first-order chi connectivity index (χ1) is 7.09. The molecule has 1 aliphatic rings. The van der Waals surface area contributed by atoms with Crippen LogP contribution >= 0.6 is 23.4 Å². The topological polar surface area (TPSA) is 37.3 Å². The van der Waals surface area contributed by atoms with Crippen LogP contribution in [0.4, 0.5) is 0 Å². The molecule has 4 heteroatoms. The summed E-state index contributed by atoms with van der Waals surface area (Å²) in [6, 6.07) is 3.50. The van der Waals surface area contributed by atoms with Crippen LogP contribution in [0.1, 0.15) is 35.2 Å². The Morgan fingerprint density at radius 1 is 1.60 bits per heavy atom. The zero-order valence-corrected chi connectivity index (χ0v) is 9.86. The van der Waals surface area contributed by atoms with Crippen LogP contribution < -0.4 is 0 Å². The van der Waals surface area contributed by atoms with Gasteiger partial charge in [0.2, 0.25) is 0 Å². The molecule has 0 amide bonds. The van der Waals surface area contributed by atoms with Crippen molar-refractivity contribution < 1.29 is 9.90 Å². The van der Waals surface area contributed by atoms with E-state index >= 15 is 0 Å². The average Bonchev–Trinajstić information content (AvgIpc) is 2.18. The number of hydrogen-bond donors (Lipinski definition) is 1. The highest BCUT2D eigenvalue weighted by Gasteiger charge is 2.20. The minimum atomic E-state index is -0.957. The van der Waals surface area contributed by atoms with Gasteiger partial charge in [-0.05, 0) is 35.8 Å². The van der Waals surface area contributed by atoms with Crippen molar-refractivity contribution in [3.63, 3.8) is 0 Å². The zero-order chi connectivity index (χ0) is 11.0. The van der Waals surface area contributed by atoms with Crippen molar-refractivity contribution in [2.45, 2.75) is 24.2 Å². The van der Waals surface area contributed by atoms with Crippen molar-refractivity contribution in [1.82, 2.24) is 0 Å². The Labute approximate surface area is 97.6 Å². The second kappa shape index (κ2) is 4.06. The molecule has 0 spiro atoms. The molecule has 0 bridgehead atoms. The summed E-state index contributed by atoms with van der Waals surface area (Å²) in [5, 5.41) is 9.28. The molecular formula is C11H11ClO2S. The number of carboxylic acid groups (broad SMARTS) is 1. The molecule has 80 valence electrons. The maximum Gasteiger partial charge on any atom is 0.337 e. The van der Waals surface area contributed by atoms with Crippen LogP contribution in [0.5, 0.6) is 0 Å². The van der Waals surface area contributed by atoms with Crippen molar-refractivity contribution in [1.29, 1.82) is 0 Å². The van der Waals surface area contributed by atoms with Gasteiger partial charge in [0.25, 0.3) is 0 Å². The highest BCUT2D eigenvalue weighted by molar-refractivity contribution is 7.99. The summed E-state index contributed by atoms with van der Waals surface area (Å²) in [5.74, 6) is 0.567. The molecule has 0 radical (unpaired) electrons. The Hall–Kier alpha value is -0.670. The molecule has 1 aromatic carbocycles. The van der Waals surface area contributed by atoms with E-state index in [-0.39, 0.29) is 5.56 Å². The molecular weight excluding hydrogens is 232 g/mol. The molecule has 1 atom stereocenters. The number of benzene rings is 1. The van der Waals surface area contributed by atoms with Gasteiger partial charge in [0.05, 0.1) is 10.6 Å². The van der Waals surface area contributed by atoms with Crippen LogP contribution in [-0.2, 0) is 0 Å². The Kier molecular flexibility index (Phi) is 2.94. The first-order valence-electron chi connectivity index (χ1n) is 4.79. The van der Waals surface area contributed by atoms with Crippen molar-refractivity contribution in [2.75, 3.05) is 5.75 Å². The van der Waals surface area contributed by atoms with E-state index in [2.05, 4.69) is 6.92 Å². The van der Waals surface area contributed by atoms with Gasteiger partial charge in [-0.2, -0.15) is 0 Å². The predicted octanol–water partition coefficient (Wildman–Crippen LogP) is 3.64. The number of hydrogen-bond acceptors (Lipinski definition) is 2. The number of halogens is 1. The van der Waals surface area contributed by atoms with Gasteiger partial charge in [0.15, 0.2) is 0 Å². The molecule has 15 heavy (non-hydrogen) atoms. The molecule has 1 aliphatic heterocycles. The number of carbonyl (C=O) groups is 1. The third-order valence-electron chi connectivity index (χ3n) is 2.67. The third-order valence-corrected chi connectivity index (χ3v) is 4.09. The minimum Gasteiger partial charge on any atom is -0.478 e. The van der Waals surface area contributed by atoms with Gasteiger partial charge in [-0.25, -0.2) is 4.79 Å². The fourth-order valence-corrected chi connectivity index (χ4v) is 3.32. The van der Waals surface area contributed by atoms with Crippen molar-refractivity contribution in [3.05, 3.63) is 28.3 Å². The van der Waals surface area contributed by atoms with Crippen LogP contribution in [0.15, 0.2) is 17.0 Å². The molecule has 0 aliphatic carbocycles. The lowest BCUT2D eigenvalue weighted by Crippen LogP contribution is -2.07. The van der Waals surface area contributed by atoms with E-state index in [1.807, 2.05) is 0 Å². The molecule has 2 nitrogen and oxygen atoms in total. The molecule has 0 saturated carbocycles. The van der Waals surface area contributed by atoms with Crippen LogP contribution in [0.3, 0.4) is 0 Å². The number of aromatic carboxylic acids is 1. The second-order valence-corrected chi connectivity index (χ2v) is 5.26. The zero-order valence-electron chi connectivity index (χ0n) is 8.29. The average molecular weight is 243 g/mol. The lowest BCUT2D eigenvalue weighted by molar-refractivity contribution is 0.0697. The summed E-state index contributed by atoms with van der Waals surface area (Å²) < 4.78 is 0. The Morgan fingerprint density at radius 3 is 3.00 bits per heavy atom. The molecule has 1 heterocycles. The summed E-state index contributed by atoms with van der Waals surface area (Å²) in [4.78, 5) is 12.0. The maximum absolute atomic E-state index is 10.9. The number of carboxylic acids is 1. The Balaban J connectivity index is 2.54. The summed E-state index contributed by atoms with van der Waals surface area (Å²) in [6.07, 6.45) is 1.13. The Bertz CT molecular complexity index is 417. The van der Waals surface area contributed by atoms with E-state index in [1.54, 1.807) is 23.9 Å². The van der Waals surface area contributed by atoms with E-state index in [4.69, 9.17) is 16.7 Å². The number of rotatable bonds is 1. The molecule has 0 saturated heterocycles. The van der Waals surface area contributed by atoms with E-state index in [9.17, 15) is 4.79 Å². The molecule has 1 aromatic rings. The molecule has 1 N–H and O–H groups in total. The maximum atomic E-state index is 10.9. The van der Waals surface area contributed by atoms with Crippen LogP contribution in [0, 0.1) is 0 Å². The van der Waals surface area contributed by atoms with Gasteiger partial charge < -0.3 is 5.11 Å². The van der Waals surface area contributed by atoms with Crippen molar-refractivity contribution >= 4 is 29.3 Å². The lowest BCUT2D eigenvalue weighted by Gasteiger charge is -2.22. The van der Waals surface area contributed by atoms with Gasteiger partial charge in [-0.1, -0.05) is 18.5 Å². The first kappa shape index (κ1) is 10.8. The summed E-state index contributed by atoms with van der Waals surface area (Å²) >= 11 is 7.64. The first-order valence-corrected chi connectivity index (χ1v) is 6.15. The third kappa shape index (κ3) is 1.99. The van der Waals surface area contributed by atoms with E-state index < -0.39 is 5.97 Å². The molecule has 2 rings (SSSR count). The predicted molar refractivity (Wildman–Crippen MR) is 62.2 cm³/mol. The largest absolute Gasteiger partial charge is 0.478 e. The number of fused-ring (bicyclic) bond motifs is 1. The summed E-state index contributed by atoms with van der Waals surface area (Å²) in [7, 11) is 0. The Morgan fingerprint density at radius 2 is 2.33 bits per heavy atom. The van der Waals surface area contributed by atoms with Crippen LogP contribution in [-0.4, -0.2) is 16.8 Å². The normalized spacial score (nSPS) is 19.7. The fraction of sp³-hybridized carbons (Fsp3) is 0.364. The van der Waals surface area contributed by atoms with Crippen LogP contribution in [0.25, 0.3) is 0 Å². The van der Waals surface area contributed by atoms with E-state index in [0.717, 1.165) is 17.1 Å². The van der Waals surface area contributed by atoms with Crippen molar-refractivity contribution in [3.8, 4) is 0 Å². The molecule has 0 aromatic heterocycles. The molecule has 0 unspecified atom stereocenters. The highest BCUT2D eigenvalue weighted by atomic mass is 35.5. The number of thioether (sulfide) groups is 1. The highest BCUT2D eigenvalue weighted by Crippen LogP contribution is 2.39. The lowest BCUT2D eigenvalue weighted by atomic mass is 9.97. The quantitative estimate of drug-likeness (QED) is 0.817. The smallest absolute Gasteiger partial charge is 0.337 e. The standard InChI is InChI=1S/C11H11ClO2S/c1-6-2-3-15-10-5-8(11(13)14)9(12)4-7(6)10/h4-6H,2-3H2,1H3,(H,13,14)/t6-/m0/s1. The van der Waals surface area contributed by atoms with E-state index in [1.165, 1.54) is 5.56 Å². The van der Waals surface area contributed by atoms with Crippen molar-refractivity contribution in [2.24, 2.45) is 0 Å². The van der Waals surface area contributed by atoms with Gasteiger partial charge in [-0.15, -0.1) is 11.8 Å². The van der Waals surface area contributed by atoms with E-state index in [0.29, 0.717) is 10.9 Å². The van der Waals surface area contributed by atoms with Gasteiger partial charge >= 0.3 is 5.97 Å². The monoisotopic (exact) mass is 242 g/mol. The molecule has 0 fully saturated rings. The van der Waals surface area contributed by atoms with Gasteiger partial charge in [0.1, 0.15) is 0 Å². The van der Waals surface area contributed by atoms with Gasteiger partial charge in [-0.3, -0.25) is 0 Å². The minimum absolute atomic E-state index is 0.206. The SMILES string of the molecule is C[C@H]1CCSc2cc(C(=O)O)c(Cl)cc21.